The molecular formula is C5H15NNaO3P. The molecule has 0 aliphatic heterocycles. The molecule has 4 nitrogen and oxygen atoms in total. The van der Waals surface area contributed by atoms with Crippen LogP contribution in [-0.2, 0) is 13.6 Å². The molecule has 0 aliphatic rings. The fourth-order valence-electron chi connectivity index (χ4n) is 0.506. The Morgan fingerprint density at radius 3 is 1.91 bits per heavy atom. The van der Waals surface area contributed by atoms with Gasteiger partial charge in [-0.15, -0.1) is 0 Å². The van der Waals surface area contributed by atoms with E-state index in [9.17, 15) is 4.57 Å². The molecular weight excluding hydrogens is 176 g/mol. The van der Waals surface area contributed by atoms with Crippen LogP contribution in [0.1, 0.15) is 15.3 Å². The molecule has 0 saturated carbocycles. The average molecular weight is 191 g/mol. The predicted molar refractivity (Wildman–Crippen MR) is 41.0 cm³/mol. The summed E-state index contributed by atoms with van der Waals surface area (Å²) in [4.78, 5) is 0. The molecule has 0 radical (unpaired) electrons. The second-order valence-electron chi connectivity index (χ2n) is 1.56. The Bertz CT molecular complexity index is 128. The minimum atomic E-state index is -2.95. The molecule has 0 aromatic carbocycles. The van der Waals surface area contributed by atoms with E-state index in [1.165, 1.54) is 0 Å². The first-order valence-electron chi connectivity index (χ1n) is 3.26. The van der Waals surface area contributed by atoms with Crippen LogP contribution in [-0.4, -0.2) is 20.3 Å². The van der Waals surface area contributed by atoms with Crippen LogP contribution in [0.3, 0.4) is 0 Å². The van der Waals surface area contributed by atoms with E-state index in [4.69, 9.17) is 9.05 Å². The van der Waals surface area contributed by atoms with Gasteiger partial charge in [0.25, 0.3) is 0 Å². The van der Waals surface area contributed by atoms with Gasteiger partial charge in [0.2, 0.25) is 0 Å². The second kappa shape index (κ2) is 7.74. The molecule has 1 N–H and O–H groups in total. The van der Waals surface area contributed by atoms with Gasteiger partial charge in [-0.2, -0.15) is 0 Å². The van der Waals surface area contributed by atoms with E-state index in [1.807, 2.05) is 0 Å². The molecule has 0 aliphatic carbocycles. The molecule has 0 fully saturated rings. The van der Waals surface area contributed by atoms with Crippen LogP contribution in [0.2, 0.25) is 0 Å². The Morgan fingerprint density at radius 1 is 1.36 bits per heavy atom. The number of nitrogens with one attached hydrogen (secondary N) is 1. The van der Waals surface area contributed by atoms with Gasteiger partial charge in [0.05, 0.1) is 13.2 Å². The largest absolute Gasteiger partial charge is 1.00 e. The van der Waals surface area contributed by atoms with Crippen molar-refractivity contribution in [2.24, 2.45) is 0 Å². The summed E-state index contributed by atoms with van der Waals surface area (Å²) in [6.45, 7) is 4.31. The smallest absolute Gasteiger partial charge is 1.00 e. The zero-order valence-corrected chi connectivity index (χ0v) is 10.5. The van der Waals surface area contributed by atoms with Crippen molar-refractivity contribution in [3.8, 4) is 0 Å². The molecule has 64 valence electrons. The van der Waals surface area contributed by atoms with Crippen molar-refractivity contribution in [3.05, 3.63) is 0 Å². The molecule has 0 aromatic heterocycles. The van der Waals surface area contributed by atoms with Gasteiger partial charge < -0.3 is 1.43 Å². The summed E-state index contributed by atoms with van der Waals surface area (Å²) in [5.41, 5.74) is 0. The number of hydrogen-bond acceptors (Lipinski definition) is 3. The summed E-state index contributed by atoms with van der Waals surface area (Å²) < 4.78 is 20.9. The van der Waals surface area contributed by atoms with Gasteiger partial charge in [0.15, 0.2) is 0 Å². The molecule has 0 amide bonds. The molecule has 0 rings (SSSR count). The molecule has 0 aromatic rings. The Labute approximate surface area is 91.4 Å². The van der Waals surface area contributed by atoms with Crippen LogP contribution in [0, 0.1) is 0 Å². The topological polar surface area (TPSA) is 47.6 Å². The molecule has 0 heterocycles. The first kappa shape index (κ1) is 14.6. The normalized spacial score (nSPS) is 10.8. The molecule has 0 bridgehead atoms. The summed E-state index contributed by atoms with van der Waals surface area (Å²) in [6.07, 6.45) is 0. The third kappa shape index (κ3) is 6.29. The Balaban J connectivity index is -0.000000405. The summed E-state index contributed by atoms with van der Waals surface area (Å²) in [5.74, 6) is 0. The molecule has 11 heavy (non-hydrogen) atoms. The Hall–Kier alpha value is 1.11. The fourth-order valence-corrected chi connectivity index (χ4v) is 1.52. The van der Waals surface area contributed by atoms with Crippen molar-refractivity contribution in [1.29, 1.82) is 0 Å². The maximum Gasteiger partial charge on any atom is 1.00 e. The van der Waals surface area contributed by atoms with Gasteiger partial charge in [0, 0.05) is 0 Å². The third-order valence-electron chi connectivity index (χ3n) is 0.872. The van der Waals surface area contributed by atoms with Gasteiger partial charge >= 0.3 is 37.3 Å². The minimum absolute atomic E-state index is 0. The molecule has 6 heteroatoms. The van der Waals surface area contributed by atoms with E-state index in [-0.39, 0.29) is 31.0 Å². The molecule has 0 atom stereocenters. The maximum atomic E-state index is 11.2. The Kier molecular flexibility index (Phi) is 10.3. The van der Waals surface area contributed by atoms with Crippen LogP contribution >= 0.6 is 7.75 Å². The quantitative estimate of drug-likeness (QED) is 0.424. The van der Waals surface area contributed by atoms with Gasteiger partial charge in [-0.1, -0.05) is 0 Å². The van der Waals surface area contributed by atoms with Crippen LogP contribution in [0.15, 0.2) is 0 Å². The predicted octanol–water partition coefficient (Wildman–Crippen LogP) is -1.50. The van der Waals surface area contributed by atoms with Crippen molar-refractivity contribution >= 4 is 7.75 Å². The zero-order chi connectivity index (χ0) is 8.04. The van der Waals surface area contributed by atoms with Crippen LogP contribution < -0.4 is 34.6 Å². The summed E-state index contributed by atoms with van der Waals surface area (Å²) in [5, 5.41) is 2.49. The van der Waals surface area contributed by atoms with E-state index in [0.717, 1.165) is 0 Å². The maximum absolute atomic E-state index is 11.2. The second-order valence-corrected chi connectivity index (χ2v) is 3.52. The minimum Gasteiger partial charge on any atom is -1.00 e. The van der Waals surface area contributed by atoms with Crippen molar-refractivity contribution in [2.45, 2.75) is 13.8 Å². The van der Waals surface area contributed by atoms with Gasteiger partial charge in [-0.05, 0) is 20.9 Å². The summed E-state index contributed by atoms with van der Waals surface area (Å²) >= 11 is 0. The average Bonchev–Trinajstić information content (AvgIpc) is 1.89. The number of rotatable bonds is 5. The van der Waals surface area contributed by atoms with Gasteiger partial charge in [-0.25, -0.2) is 9.65 Å². The van der Waals surface area contributed by atoms with Crippen LogP contribution in [0.25, 0.3) is 0 Å². The van der Waals surface area contributed by atoms with E-state index in [2.05, 4.69) is 5.09 Å². The van der Waals surface area contributed by atoms with Crippen molar-refractivity contribution in [3.63, 3.8) is 0 Å². The summed E-state index contributed by atoms with van der Waals surface area (Å²) in [6, 6.07) is 0. The van der Waals surface area contributed by atoms with Crippen molar-refractivity contribution in [1.82, 2.24) is 5.09 Å². The van der Waals surface area contributed by atoms with E-state index >= 15 is 0 Å². The first-order valence-corrected chi connectivity index (χ1v) is 4.81. The number of hydrogen-bond donors (Lipinski definition) is 1. The van der Waals surface area contributed by atoms with E-state index in [1.54, 1.807) is 20.9 Å². The van der Waals surface area contributed by atoms with Crippen LogP contribution in [0.4, 0.5) is 0 Å². The fraction of sp³-hybridized carbons (Fsp3) is 1.00. The van der Waals surface area contributed by atoms with E-state index in [0.29, 0.717) is 13.2 Å². The SMILES string of the molecule is CCOP(=O)(NC)OCC.[H-].[Na+]. The van der Waals surface area contributed by atoms with Crippen LogP contribution in [0.5, 0.6) is 0 Å². The zero-order valence-electron chi connectivity index (χ0n) is 8.59. The standard InChI is InChI=1S/C5H14NO3P.Na.H/c1-4-8-10(7,6-3)9-5-2;;/h4-5H2,1-3H3,(H,6,7);;/q;+1;-1. The third-order valence-corrected chi connectivity index (χ3v) is 2.62. The van der Waals surface area contributed by atoms with Crippen molar-refractivity contribution < 1.29 is 44.6 Å². The van der Waals surface area contributed by atoms with Gasteiger partial charge in [0.1, 0.15) is 0 Å². The molecule has 0 spiro atoms. The first-order chi connectivity index (χ1) is 4.68. The van der Waals surface area contributed by atoms with Gasteiger partial charge in [-0.3, -0.25) is 9.05 Å². The Morgan fingerprint density at radius 2 is 1.73 bits per heavy atom. The summed E-state index contributed by atoms with van der Waals surface area (Å²) in [7, 11) is -1.40. The van der Waals surface area contributed by atoms with Crippen molar-refractivity contribution in [2.75, 3.05) is 20.3 Å². The molecule has 0 unspecified atom stereocenters. The monoisotopic (exact) mass is 191 g/mol. The van der Waals surface area contributed by atoms with E-state index < -0.39 is 7.75 Å². The molecule has 0 saturated heterocycles.